The van der Waals surface area contributed by atoms with Crippen molar-refractivity contribution >= 4 is 5.78 Å². The fourth-order valence-corrected chi connectivity index (χ4v) is 4.35. The summed E-state index contributed by atoms with van der Waals surface area (Å²) in [6, 6.07) is 8.61. The second-order valence-electron chi connectivity index (χ2n) is 6.33. The third-order valence-corrected chi connectivity index (χ3v) is 5.44. The number of piperidine rings is 1. The van der Waals surface area contributed by atoms with Gasteiger partial charge in [-0.2, -0.15) is 0 Å². The topological polar surface area (TPSA) is 29.1 Å². The van der Waals surface area contributed by atoms with Crippen molar-refractivity contribution in [3.63, 3.8) is 0 Å². The summed E-state index contributed by atoms with van der Waals surface area (Å²) in [6.45, 7) is 6.24. The number of hydrogen-bond acceptors (Lipinski definition) is 2. The average molecular weight is 257 g/mol. The van der Waals surface area contributed by atoms with Crippen LogP contribution in [0.1, 0.15) is 44.2 Å². The number of carbonyl (C=O) groups excluding carboxylic acids is 1. The van der Waals surface area contributed by atoms with E-state index in [1.54, 1.807) is 0 Å². The second kappa shape index (κ2) is 4.45. The second-order valence-corrected chi connectivity index (χ2v) is 6.33. The Balaban J connectivity index is 2.23. The molecule has 1 aliphatic carbocycles. The summed E-state index contributed by atoms with van der Waals surface area (Å²) in [5, 5.41) is 3.51. The van der Waals surface area contributed by atoms with Crippen LogP contribution < -0.4 is 5.32 Å². The lowest BCUT2D eigenvalue weighted by molar-refractivity contribution is -0.132. The molecule has 3 rings (SSSR count). The van der Waals surface area contributed by atoms with E-state index in [0.29, 0.717) is 12.2 Å². The molecule has 0 amide bonds. The van der Waals surface area contributed by atoms with E-state index in [1.807, 2.05) is 6.92 Å². The Hall–Kier alpha value is -1.15. The number of nitrogens with one attached hydrogen (secondary N) is 1. The summed E-state index contributed by atoms with van der Waals surface area (Å²) < 4.78 is 0. The molecule has 0 radical (unpaired) electrons. The third-order valence-electron chi connectivity index (χ3n) is 5.44. The van der Waals surface area contributed by atoms with Gasteiger partial charge >= 0.3 is 0 Å². The van der Waals surface area contributed by atoms with E-state index in [2.05, 4.69) is 36.5 Å². The highest BCUT2D eigenvalue weighted by Crippen LogP contribution is 2.54. The van der Waals surface area contributed by atoms with E-state index in [4.69, 9.17) is 0 Å². The lowest BCUT2D eigenvalue weighted by Crippen LogP contribution is -2.61. The predicted octanol–water partition coefficient (Wildman–Crippen LogP) is 2.85. The highest BCUT2D eigenvalue weighted by atomic mass is 16.1. The van der Waals surface area contributed by atoms with E-state index in [1.165, 1.54) is 11.1 Å². The first kappa shape index (κ1) is 12.9. The number of rotatable bonds is 2. The Morgan fingerprint density at radius 3 is 2.89 bits per heavy atom. The van der Waals surface area contributed by atoms with Gasteiger partial charge in [-0.25, -0.2) is 0 Å². The van der Waals surface area contributed by atoms with Crippen LogP contribution in [-0.4, -0.2) is 18.9 Å². The maximum Gasteiger partial charge on any atom is 0.143 e. The molecule has 2 atom stereocenters. The lowest BCUT2D eigenvalue weighted by atomic mass is 9.50. The molecule has 2 heteroatoms. The van der Waals surface area contributed by atoms with Gasteiger partial charge < -0.3 is 5.32 Å². The molecule has 0 aromatic heterocycles. The summed E-state index contributed by atoms with van der Waals surface area (Å²) in [4.78, 5) is 12.9. The monoisotopic (exact) mass is 257 g/mol. The zero-order chi connectivity index (χ0) is 13.5. The van der Waals surface area contributed by atoms with Gasteiger partial charge in [0.25, 0.3) is 0 Å². The number of hydrogen-bond donors (Lipinski definition) is 1. The summed E-state index contributed by atoms with van der Waals surface area (Å²) in [6.07, 6.45) is 3.81. The summed E-state index contributed by atoms with van der Waals surface area (Å²) in [5.41, 5.74) is 2.54. The Morgan fingerprint density at radius 1 is 1.32 bits per heavy atom. The van der Waals surface area contributed by atoms with Gasteiger partial charge in [0.05, 0.1) is 5.41 Å². The van der Waals surface area contributed by atoms with E-state index in [-0.39, 0.29) is 10.8 Å². The van der Waals surface area contributed by atoms with Crippen LogP contribution in [0.4, 0.5) is 0 Å². The molecular weight excluding hydrogens is 234 g/mol. The molecule has 1 N–H and O–H groups in total. The maximum absolute atomic E-state index is 12.9. The first-order chi connectivity index (χ1) is 9.14. The van der Waals surface area contributed by atoms with Crippen LogP contribution >= 0.6 is 0 Å². The van der Waals surface area contributed by atoms with Crippen LogP contribution in [0.15, 0.2) is 24.3 Å². The fraction of sp³-hybridized carbons (Fsp3) is 0.588. The van der Waals surface area contributed by atoms with Crippen LogP contribution in [0.3, 0.4) is 0 Å². The minimum Gasteiger partial charge on any atom is -0.316 e. The Kier molecular flexibility index (Phi) is 3.01. The van der Waals surface area contributed by atoms with Gasteiger partial charge in [0.15, 0.2) is 0 Å². The first-order valence-corrected chi connectivity index (χ1v) is 7.46. The van der Waals surface area contributed by atoms with Crippen LogP contribution in [0, 0.1) is 5.41 Å². The molecule has 19 heavy (non-hydrogen) atoms. The SMILES string of the molecule is CCC(=O)[C@@]12CCNC[C@]1(C)CCc1ccccc12. The van der Waals surface area contributed by atoms with Gasteiger partial charge in [0.1, 0.15) is 5.78 Å². The van der Waals surface area contributed by atoms with Crippen LogP contribution in [0.2, 0.25) is 0 Å². The minimum atomic E-state index is -0.248. The van der Waals surface area contributed by atoms with Crippen LogP contribution in [0.5, 0.6) is 0 Å². The van der Waals surface area contributed by atoms with Gasteiger partial charge in [0, 0.05) is 13.0 Å². The number of aryl methyl sites for hydroxylation is 1. The van der Waals surface area contributed by atoms with Crippen molar-refractivity contribution in [1.29, 1.82) is 0 Å². The number of carbonyl (C=O) groups is 1. The molecule has 1 aliphatic heterocycles. The van der Waals surface area contributed by atoms with E-state index in [0.717, 1.165) is 32.4 Å². The van der Waals surface area contributed by atoms with E-state index >= 15 is 0 Å². The van der Waals surface area contributed by atoms with Crippen molar-refractivity contribution in [2.75, 3.05) is 13.1 Å². The van der Waals surface area contributed by atoms with E-state index < -0.39 is 0 Å². The molecule has 102 valence electrons. The lowest BCUT2D eigenvalue weighted by Gasteiger charge is -2.55. The highest BCUT2D eigenvalue weighted by molar-refractivity contribution is 5.92. The molecule has 1 heterocycles. The van der Waals surface area contributed by atoms with Gasteiger partial charge in [-0.15, -0.1) is 0 Å². The molecule has 0 spiro atoms. The van der Waals surface area contributed by atoms with Crippen molar-refractivity contribution in [3.05, 3.63) is 35.4 Å². The van der Waals surface area contributed by atoms with E-state index in [9.17, 15) is 4.79 Å². The molecule has 1 saturated heterocycles. The van der Waals surface area contributed by atoms with Gasteiger partial charge in [0.2, 0.25) is 0 Å². The standard InChI is InChI=1S/C17H23NO/c1-3-15(19)17-10-11-18-12-16(17,2)9-8-13-6-4-5-7-14(13)17/h4-7,18H,3,8-12H2,1-2H3/t16-,17-/m0/s1. The van der Waals surface area contributed by atoms with Gasteiger partial charge in [-0.3, -0.25) is 4.79 Å². The summed E-state index contributed by atoms with van der Waals surface area (Å²) in [7, 11) is 0. The molecule has 0 saturated carbocycles. The summed E-state index contributed by atoms with van der Waals surface area (Å²) >= 11 is 0. The number of fused-ring (bicyclic) bond motifs is 3. The maximum atomic E-state index is 12.9. The van der Waals surface area contributed by atoms with Crippen molar-refractivity contribution < 1.29 is 4.79 Å². The molecule has 1 aromatic carbocycles. The molecular formula is C17H23NO. The van der Waals surface area contributed by atoms with Crippen molar-refractivity contribution in [1.82, 2.24) is 5.32 Å². The average Bonchev–Trinajstić information content (AvgIpc) is 2.46. The zero-order valence-corrected chi connectivity index (χ0v) is 12.0. The Morgan fingerprint density at radius 2 is 2.11 bits per heavy atom. The first-order valence-electron chi connectivity index (χ1n) is 7.46. The Bertz CT molecular complexity index is 510. The highest BCUT2D eigenvalue weighted by Gasteiger charge is 2.56. The molecule has 1 fully saturated rings. The van der Waals surface area contributed by atoms with Crippen LogP contribution in [-0.2, 0) is 16.6 Å². The molecule has 2 aliphatic rings. The molecule has 0 bridgehead atoms. The van der Waals surface area contributed by atoms with Crippen molar-refractivity contribution in [3.8, 4) is 0 Å². The summed E-state index contributed by atoms with van der Waals surface area (Å²) in [5.74, 6) is 0.434. The molecule has 1 aromatic rings. The largest absolute Gasteiger partial charge is 0.316 e. The predicted molar refractivity (Wildman–Crippen MR) is 77.3 cm³/mol. The number of Topliss-reactive ketones (excluding diaryl/α,β-unsaturated/α-hetero) is 1. The number of ketones is 1. The molecule has 0 unspecified atom stereocenters. The van der Waals surface area contributed by atoms with Gasteiger partial charge in [-0.1, -0.05) is 38.1 Å². The van der Waals surface area contributed by atoms with Gasteiger partial charge in [-0.05, 0) is 42.3 Å². The minimum absolute atomic E-state index is 0.0761. The Labute approximate surface area is 115 Å². The quantitative estimate of drug-likeness (QED) is 0.882. The zero-order valence-electron chi connectivity index (χ0n) is 12.0. The molecule has 2 nitrogen and oxygen atoms in total. The third kappa shape index (κ3) is 1.62. The fourth-order valence-electron chi connectivity index (χ4n) is 4.35. The normalized spacial score (nSPS) is 33.4. The smallest absolute Gasteiger partial charge is 0.143 e. The van der Waals surface area contributed by atoms with Crippen molar-refractivity contribution in [2.24, 2.45) is 5.41 Å². The number of benzene rings is 1. The van der Waals surface area contributed by atoms with Crippen LogP contribution in [0.25, 0.3) is 0 Å². The van der Waals surface area contributed by atoms with Crippen molar-refractivity contribution in [2.45, 2.75) is 44.9 Å².